The Morgan fingerprint density at radius 1 is 1.21 bits per heavy atom. The third kappa shape index (κ3) is 7.01. The maximum Gasteiger partial charge on any atom is 0.417 e. The minimum atomic E-state index is -4.68. The molecule has 228 valence electrons. The number of methoxy groups -OCH3 is 1. The van der Waals surface area contributed by atoms with Crippen LogP contribution in [-0.4, -0.2) is 77.7 Å². The highest BCUT2D eigenvalue weighted by Gasteiger charge is 2.35. The molecule has 13 heteroatoms. The molecular weight excluding hydrogens is 555 g/mol. The van der Waals surface area contributed by atoms with Gasteiger partial charge in [0, 0.05) is 30.9 Å². The van der Waals surface area contributed by atoms with E-state index < -0.39 is 17.8 Å². The van der Waals surface area contributed by atoms with Crippen molar-refractivity contribution in [2.75, 3.05) is 40.4 Å². The lowest BCUT2D eigenvalue weighted by Gasteiger charge is -2.31. The highest BCUT2D eigenvalue weighted by Crippen LogP contribution is 2.40. The molecule has 4 rings (SSSR count). The molecule has 10 nitrogen and oxygen atoms in total. The fourth-order valence-corrected chi connectivity index (χ4v) is 5.20. The van der Waals surface area contributed by atoms with E-state index in [1.807, 2.05) is 6.92 Å². The molecule has 0 radical (unpaired) electrons. The number of hydrogen-bond donors (Lipinski definition) is 2. The number of likely N-dealkylation sites (N-methyl/N-ethyl adjacent to an activating group) is 1. The van der Waals surface area contributed by atoms with Gasteiger partial charge in [-0.25, -0.2) is 14.8 Å². The molecule has 0 unspecified atom stereocenters. The second-order valence-electron chi connectivity index (χ2n) is 10.5. The predicted octanol–water partition coefficient (Wildman–Crippen LogP) is 4.72. The number of alkyl halides is 3. The molecule has 42 heavy (non-hydrogen) atoms. The first-order valence-corrected chi connectivity index (χ1v) is 13.7. The number of aliphatic hydroxyl groups is 1. The highest BCUT2D eigenvalue weighted by molar-refractivity contribution is 5.72. The Balaban J connectivity index is 1.79. The smallest absolute Gasteiger partial charge is 0.417 e. The zero-order valence-electron chi connectivity index (χ0n) is 24.3. The van der Waals surface area contributed by atoms with Crippen LogP contribution in [0.25, 0.3) is 22.6 Å². The molecule has 0 saturated carbocycles. The number of carbonyl (C=O) groups is 1. The number of carbonyl (C=O) groups excluding carboxylic acids is 1. The molecule has 2 aromatic heterocycles. The van der Waals surface area contributed by atoms with E-state index in [4.69, 9.17) is 19.0 Å². The molecule has 0 aliphatic carbocycles. The van der Waals surface area contributed by atoms with Gasteiger partial charge < -0.3 is 29.3 Å². The average molecular weight is 592 g/mol. The topological polar surface area (TPSA) is 123 Å². The zero-order valence-corrected chi connectivity index (χ0v) is 24.3. The van der Waals surface area contributed by atoms with Crippen molar-refractivity contribution in [1.29, 1.82) is 0 Å². The summed E-state index contributed by atoms with van der Waals surface area (Å²) in [6, 6.07) is 3.42. The summed E-state index contributed by atoms with van der Waals surface area (Å²) in [6.07, 6.45) is -4.03. The van der Waals surface area contributed by atoms with Crippen molar-refractivity contribution >= 4 is 6.09 Å². The van der Waals surface area contributed by atoms with Gasteiger partial charge in [-0.2, -0.15) is 13.2 Å². The molecule has 3 aromatic rings. The van der Waals surface area contributed by atoms with Crippen LogP contribution in [0.1, 0.15) is 41.1 Å². The van der Waals surface area contributed by atoms with Gasteiger partial charge in [-0.3, -0.25) is 0 Å². The average Bonchev–Trinajstić information content (AvgIpc) is 3.29. The molecule has 0 spiro atoms. The van der Waals surface area contributed by atoms with Crippen molar-refractivity contribution in [3.63, 3.8) is 0 Å². The lowest BCUT2D eigenvalue weighted by atomic mass is 9.90. The molecule has 0 bridgehead atoms. The number of rotatable bonds is 9. The molecule has 1 saturated heterocycles. The second kappa shape index (κ2) is 13.1. The third-order valence-electron chi connectivity index (χ3n) is 7.47. The highest BCUT2D eigenvalue weighted by atomic mass is 19.4. The Morgan fingerprint density at radius 3 is 2.52 bits per heavy atom. The van der Waals surface area contributed by atoms with Gasteiger partial charge in [0.25, 0.3) is 0 Å². The minimum Gasteiger partial charge on any atom is -0.491 e. The zero-order chi connectivity index (χ0) is 30.6. The van der Waals surface area contributed by atoms with Crippen molar-refractivity contribution < 1.29 is 37.1 Å². The number of likely N-dealkylation sites (tertiary alicyclic amines) is 1. The summed E-state index contributed by atoms with van der Waals surface area (Å²) in [5, 5.41) is 16.9. The van der Waals surface area contributed by atoms with Crippen molar-refractivity contribution in [1.82, 2.24) is 25.3 Å². The number of benzene rings is 1. The number of amides is 1. The lowest BCUT2D eigenvalue weighted by Crippen LogP contribution is -2.38. The SMILES string of the molecule is CNC[C@@H](O)COc1ccc(C(F)(F)F)c(-c2nc(CC3CCN(C(=O)OC)CC3)c(C)c(-c3c(C)noc3C)n2)c1. The van der Waals surface area contributed by atoms with Gasteiger partial charge in [-0.15, -0.1) is 0 Å². The Hall–Kier alpha value is -3.71. The van der Waals surface area contributed by atoms with Gasteiger partial charge in [0.05, 0.1) is 29.6 Å². The van der Waals surface area contributed by atoms with Gasteiger partial charge in [-0.1, -0.05) is 5.16 Å². The summed E-state index contributed by atoms with van der Waals surface area (Å²) in [7, 11) is 3.01. The number of halogens is 3. The van der Waals surface area contributed by atoms with E-state index in [2.05, 4.69) is 15.5 Å². The minimum absolute atomic E-state index is 0.105. The number of piperidine rings is 1. The lowest BCUT2D eigenvalue weighted by molar-refractivity contribution is -0.137. The molecule has 1 aliphatic rings. The summed E-state index contributed by atoms with van der Waals surface area (Å²) < 4.78 is 58.6. The van der Waals surface area contributed by atoms with Gasteiger partial charge in [0.2, 0.25) is 0 Å². The maximum atomic E-state index is 14.3. The van der Waals surface area contributed by atoms with E-state index in [0.29, 0.717) is 60.8 Å². The Kier molecular flexibility index (Phi) is 9.72. The van der Waals surface area contributed by atoms with Gasteiger partial charge in [0.1, 0.15) is 24.2 Å². The number of nitrogens with zero attached hydrogens (tertiary/aromatic N) is 4. The maximum absolute atomic E-state index is 14.3. The predicted molar refractivity (Wildman–Crippen MR) is 148 cm³/mol. The molecule has 1 amide bonds. The van der Waals surface area contributed by atoms with Gasteiger partial charge in [-0.05, 0) is 76.8 Å². The number of ether oxygens (including phenoxy) is 2. The van der Waals surface area contributed by atoms with E-state index in [0.717, 1.165) is 11.6 Å². The summed E-state index contributed by atoms with van der Waals surface area (Å²) in [6.45, 7) is 6.51. The van der Waals surface area contributed by atoms with Crippen LogP contribution in [0, 0.1) is 26.7 Å². The van der Waals surface area contributed by atoms with Crippen LogP contribution in [0.3, 0.4) is 0 Å². The van der Waals surface area contributed by atoms with E-state index >= 15 is 0 Å². The third-order valence-corrected chi connectivity index (χ3v) is 7.47. The first kappa shape index (κ1) is 31.2. The van der Waals surface area contributed by atoms with Crippen LogP contribution in [0.5, 0.6) is 5.75 Å². The van der Waals surface area contributed by atoms with Crippen molar-refractivity contribution in [2.45, 2.75) is 52.3 Å². The fourth-order valence-electron chi connectivity index (χ4n) is 5.20. The number of aliphatic hydroxyl groups excluding tert-OH is 1. The van der Waals surface area contributed by atoms with Crippen molar-refractivity contribution in [2.24, 2.45) is 5.92 Å². The summed E-state index contributed by atoms with van der Waals surface area (Å²) >= 11 is 0. The molecular formula is C29H36F3N5O5. The van der Waals surface area contributed by atoms with E-state index in [1.165, 1.54) is 19.2 Å². The van der Waals surface area contributed by atoms with Crippen LogP contribution in [-0.2, 0) is 17.3 Å². The number of hydrogen-bond acceptors (Lipinski definition) is 9. The van der Waals surface area contributed by atoms with E-state index in [-0.39, 0.29) is 42.3 Å². The quantitative estimate of drug-likeness (QED) is 0.364. The normalized spacial score (nSPS) is 15.1. The Bertz CT molecular complexity index is 1380. The van der Waals surface area contributed by atoms with Crippen LogP contribution in [0.2, 0.25) is 0 Å². The molecule has 1 aliphatic heterocycles. The number of aryl methyl sites for hydroxylation is 2. The van der Waals surface area contributed by atoms with Crippen molar-refractivity contribution in [3.8, 4) is 28.4 Å². The van der Waals surface area contributed by atoms with Crippen molar-refractivity contribution in [3.05, 3.63) is 46.5 Å². The van der Waals surface area contributed by atoms with Gasteiger partial charge >= 0.3 is 12.3 Å². The molecule has 1 atom stereocenters. The van der Waals surface area contributed by atoms with Gasteiger partial charge in [0.15, 0.2) is 5.82 Å². The Morgan fingerprint density at radius 2 is 1.93 bits per heavy atom. The molecule has 2 N–H and O–H groups in total. The van der Waals surface area contributed by atoms with Crippen LogP contribution in [0.4, 0.5) is 18.0 Å². The monoisotopic (exact) mass is 591 g/mol. The van der Waals surface area contributed by atoms with Crippen LogP contribution < -0.4 is 10.1 Å². The van der Waals surface area contributed by atoms with E-state index in [1.54, 1.807) is 25.8 Å². The fraction of sp³-hybridized carbons (Fsp3) is 0.517. The van der Waals surface area contributed by atoms with Crippen LogP contribution >= 0.6 is 0 Å². The number of aromatic nitrogens is 3. The van der Waals surface area contributed by atoms with E-state index in [9.17, 15) is 23.1 Å². The summed E-state index contributed by atoms with van der Waals surface area (Å²) in [5.41, 5.74) is 1.80. The molecule has 1 aromatic carbocycles. The molecule has 1 fully saturated rings. The first-order valence-electron chi connectivity index (χ1n) is 13.7. The largest absolute Gasteiger partial charge is 0.491 e. The second-order valence-corrected chi connectivity index (χ2v) is 10.5. The van der Waals surface area contributed by atoms with Crippen LogP contribution in [0.15, 0.2) is 22.7 Å². The number of nitrogens with one attached hydrogen (secondary N) is 1. The molecule has 3 heterocycles. The Labute approximate surface area is 242 Å². The first-order chi connectivity index (χ1) is 19.9. The standard InChI is InChI=1S/C29H36F3N5O5/c1-16-24(12-19-8-10-37(11-9-19)28(39)40-5)34-27(35-26(16)25-17(2)36-42-18(25)3)22-13-21(41-15-20(38)14-33-4)6-7-23(22)29(30,31)32/h6-7,13,19-20,33,38H,8-12,14-15H2,1-5H3/t20-/m1/s1. The summed E-state index contributed by atoms with van der Waals surface area (Å²) in [5.74, 6) is 0.679. The summed E-state index contributed by atoms with van der Waals surface area (Å²) in [4.78, 5) is 22.9.